The Morgan fingerprint density at radius 3 is 2.28 bits per heavy atom. The lowest BCUT2D eigenvalue weighted by atomic mass is 9.51. The number of aliphatic hydroxyl groups is 3. The quantitative estimate of drug-likeness (QED) is 0.673. The summed E-state index contributed by atoms with van der Waals surface area (Å²) in [5.74, 6) is -0.260. The molecule has 0 heterocycles. The second-order valence-electron chi connectivity index (χ2n) is 7.63. The second-order valence-corrected chi connectivity index (χ2v) is 7.63. The normalized spacial score (nSPS) is 49.8. The molecule has 0 saturated heterocycles. The highest BCUT2D eigenvalue weighted by Crippen LogP contribution is 2.56. The molecule has 18 heavy (non-hydrogen) atoms. The summed E-state index contributed by atoms with van der Waals surface area (Å²) in [7, 11) is 0. The Hall–Kier alpha value is -0.120. The minimum absolute atomic E-state index is 0.0168. The van der Waals surface area contributed by atoms with Crippen molar-refractivity contribution in [3.63, 3.8) is 0 Å². The number of rotatable bonds is 1. The summed E-state index contributed by atoms with van der Waals surface area (Å²) < 4.78 is 0. The maximum absolute atomic E-state index is 10.7. The summed E-state index contributed by atoms with van der Waals surface area (Å²) in [6.07, 6.45) is 4.07. The van der Waals surface area contributed by atoms with Crippen molar-refractivity contribution in [2.75, 3.05) is 0 Å². The molecule has 0 bridgehead atoms. The first-order chi connectivity index (χ1) is 8.08. The molecule has 0 spiro atoms. The van der Waals surface area contributed by atoms with Gasteiger partial charge in [-0.15, -0.1) is 0 Å². The van der Waals surface area contributed by atoms with Gasteiger partial charge < -0.3 is 15.3 Å². The standard InChI is InChI=1S/C15H28O3/c1-13(2,17)10-6-9-14(3)7-5-8-15(4,18)12(14)11(10)16/h10-12,16-18H,5-9H2,1-4H3/t10-,11+,12+,14-,15-/m1/s1. The Balaban J connectivity index is 2.32. The summed E-state index contributed by atoms with van der Waals surface area (Å²) in [6, 6.07) is 0. The van der Waals surface area contributed by atoms with E-state index in [1.807, 2.05) is 6.92 Å². The van der Waals surface area contributed by atoms with Crippen LogP contribution >= 0.6 is 0 Å². The Morgan fingerprint density at radius 2 is 1.72 bits per heavy atom. The van der Waals surface area contributed by atoms with Gasteiger partial charge in [0.2, 0.25) is 0 Å². The van der Waals surface area contributed by atoms with E-state index in [-0.39, 0.29) is 17.3 Å². The molecule has 106 valence electrons. The first kappa shape index (κ1) is 14.3. The molecule has 0 aromatic heterocycles. The summed E-state index contributed by atoms with van der Waals surface area (Å²) in [4.78, 5) is 0. The van der Waals surface area contributed by atoms with Crippen LogP contribution in [0.4, 0.5) is 0 Å². The summed E-state index contributed by atoms with van der Waals surface area (Å²) >= 11 is 0. The molecule has 0 aliphatic heterocycles. The maximum Gasteiger partial charge on any atom is 0.0677 e. The Labute approximate surface area is 110 Å². The molecule has 0 radical (unpaired) electrons. The van der Waals surface area contributed by atoms with Crippen LogP contribution in [-0.4, -0.2) is 32.6 Å². The number of fused-ring (bicyclic) bond motifs is 1. The first-order valence-electron chi connectivity index (χ1n) is 7.21. The molecule has 0 unspecified atom stereocenters. The van der Waals surface area contributed by atoms with Gasteiger partial charge in [-0.05, 0) is 51.9 Å². The van der Waals surface area contributed by atoms with Gasteiger partial charge in [-0.3, -0.25) is 0 Å². The lowest BCUT2D eigenvalue weighted by molar-refractivity contribution is -0.202. The van der Waals surface area contributed by atoms with Gasteiger partial charge in [0.05, 0.1) is 17.3 Å². The highest BCUT2D eigenvalue weighted by Gasteiger charge is 2.57. The Bertz CT molecular complexity index is 318. The van der Waals surface area contributed by atoms with Gasteiger partial charge in [0.25, 0.3) is 0 Å². The Kier molecular flexibility index (Phi) is 3.33. The van der Waals surface area contributed by atoms with Gasteiger partial charge in [-0.25, -0.2) is 0 Å². The minimum Gasteiger partial charge on any atom is -0.392 e. The van der Waals surface area contributed by atoms with Gasteiger partial charge >= 0.3 is 0 Å². The highest BCUT2D eigenvalue weighted by molar-refractivity contribution is 5.07. The van der Waals surface area contributed by atoms with Crippen molar-refractivity contribution >= 4 is 0 Å². The van der Waals surface area contributed by atoms with Crippen molar-refractivity contribution in [1.29, 1.82) is 0 Å². The van der Waals surface area contributed by atoms with Crippen molar-refractivity contribution in [2.24, 2.45) is 17.3 Å². The predicted molar refractivity (Wildman–Crippen MR) is 71.1 cm³/mol. The predicted octanol–water partition coefficient (Wildman–Crippen LogP) is 2.09. The first-order valence-corrected chi connectivity index (χ1v) is 7.21. The van der Waals surface area contributed by atoms with Gasteiger partial charge in [-0.2, -0.15) is 0 Å². The van der Waals surface area contributed by atoms with Gasteiger partial charge in [-0.1, -0.05) is 13.3 Å². The largest absolute Gasteiger partial charge is 0.392 e. The van der Waals surface area contributed by atoms with Gasteiger partial charge in [0.15, 0.2) is 0 Å². The number of hydrogen-bond donors (Lipinski definition) is 3. The van der Waals surface area contributed by atoms with Crippen molar-refractivity contribution in [1.82, 2.24) is 0 Å². The van der Waals surface area contributed by atoms with Crippen LogP contribution in [0.25, 0.3) is 0 Å². The fourth-order valence-corrected chi connectivity index (χ4v) is 4.63. The van der Waals surface area contributed by atoms with Crippen LogP contribution in [0.3, 0.4) is 0 Å². The van der Waals surface area contributed by atoms with E-state index in [0.29, 0.717) is 0 Å². The molecule has 3 N–H and O–H groups in total. The molecule has 0 amide bonds. The lowest BCUT2D eigenvalue weighted by Crippen LogP contribution is -2.61. The van der Waals surface area contributed by atoms with E-state index in [1.54, 1.807) is 13.8 Å². The van der Waals surface area contributed by atoms with E-state index < -0.39 is 17.3 Å². The van der Waals surface area contributed by atoms with Crippen LogP contribution in [0.15, 0.2) is 0 Å². The lowest BCUT2D eigenvalue weighted by Gasteiger charge is -2.57. The SMILES string of the molecule is CC(C)(O)[C@@H]1CC[C@@]2(C)CCC[C@@](C)(O)[C@H]2[C@H]1O. The zero-order valence-corrected chi connectivity index (χ0v) is 12.1. The molecule has 3 nitrogen and oxygen atoms in total. The van der Waals surface area contributed by atoms with E-state index in [9.17, 15) is 15.3 Å². The summed E-state index contributed by atoms with van der Waals surface area (Å²) in [6.45, 7) is 7.57. The third-order valence-corrected chi connectivity index (χ3v) is 5.54. The van der Waals surface area contributed by atoms with E-state index in [1.165, 1.54) is 0 Å². The third-order valence-electron chi connectivity index (χ3n) is 5.54. The van der Waals surface area contributed by atoms with Crippen LogP contribution < -0.4 is 0 Å². The second kappa shape index (κ2) is 4.19. The molecular weight excluding hydrogens is 228 g/mol. The third kappa shape index (κ3) is 2.21. The van der Waals surface area contributed by atoms with E-state index in [4.69, 9.17) is 0 Å². The molecule has 2 aliphatic rings. The van der Waals surface area contributed by atoms with Crippen LogP contribution in [0.5, 0.6) is 0 Å². The number of hydrogen-bond acceptors (Lipinski definition) is 3. The van der Waals surface area contributed by atoms with Crippen LogP contribution in [0, 0.1) is 17.3 Å². The molecule has 2 fully saturated rings. The summed E-state index contributed by atoms with van der Waals surface area (Å²) in [5, 5.41) is 31.5. The summed E-state index contributed by atoms with van der Waals surface area (Å²) in [5.41, 5.74) is -1.67. The zero-order valence-electron chi connectivity index (χ0n) is 12.1. The zero-order chi connectivity index (χ0) is 13.8. The minimum atomic E-state index is -0.881. The van der Waals surface area contributed by atoms with Gasteiger partial charge in [0.1, 0.15) is 0 Å². The van der Waals surface area contributed by atoms with Crippen molar-refractivity contribution < 1.29 is 15.3 Å². The van der Waals surface area contributed by atoms with Gasteiger partial charge in [0, 0.05) is 11.8 Å². The molecule has 2 rings (SSSR count). The molecule has 2 saturated carbocycles. The highest BCUT2D eigenvalue weighted by atomic mass is 16.3. The van der Waals surface area contributed by atoms with E-state index in [2.05, 4.69) is 6.92 Å². The van der Waals surface area contributed by atoms with E-state index >= 15 is 0 Å². The molecule has 2 aliphatic carbocycles. The molecular formula is C15H28O3. The van der Waals surface area contributed by atoms with Crippen LogP contribution in [-0.2, 0) is 0 Å². The molecule has 0 aromatic carbocycles. The van der Waals surface area contributed by atoms with Crippen LogP contribution in [0.1, 0.15) is 59.8 Å². The van der Waals surface area contributed by atoms with Crippen molar-refractivity contribution in [3.8, 4) is 0 Å². The fraction of sp³-hybridized carbons (Fsp3) is 1.00. The van der Waals surface area contributed by atoms with Crippen LogP contribution in [0.2, 0.25) is 0 Å². The molecule has 5 atom stereocenters. The average molecular weight is 256 g/mol. The molecule has 3 heteroatoms. The smallest absolute Gasteiger partial charge is 0.0677 e. The number of aliphatic hydroxyl groups excluding tert-OH is 1. The average Bonchev–Trinajstić information content (AvgIpc) is 2.12. The maximum atomic E-state index is 10.7. The topological polar surface area (TPSA) is 60.7 Å². The van der Waals surface area contributed by atoms with Crippen molar-refractivity contribution in [2.45, 2.75) is 77.1 Å². The fourth-order valence-electron chi connectivity index (χ4n) is 4.63. The van der Waals surface area contributed by atoms with Crippen molar-refractivity contribution in [3.05, 3.63) is 0 Å². The molecule has 0 aromatic rings. The Morgan fingerprint density at radius 1 is 1.11 bits per heavy atom. The van der Waals surface area contributed by atoms with E-state index in [0.717, 1.165) is 32.1 Å². The monoisotopic (exact) mass is 256 g/mol.